The summed E-state index contributed by atoms with van der Waals surface area (Å²) in [5, 5.41) is 0.184. The van der Waals surface area contributed by atoms with Crippen LogP contribution in [-0.4, -0.2) is 15.2 Å². The number of benzene rings is 1. The molecule has 0 saturated carbocycles. The quantitative estimate of drug-likeness (QED) is 0.778. The second-order valence-electron chi connectivity index (χ2n) is 4.46. The topological polar surface area (TPSA) is 17.1 Å². The van der Waals surface area contributed by atoms with E-state index < -0.39 is 15.5 Å². The van der Waals surface area contributed by atoms with Crippen LogP contribution in [0.1, 0.15) is 10.8 Å². The largest absolute Gasteiger partial charge is 0.253 e. The van der Waals surface area contributed by atoms with Crippen molar-refractivity contribution in [2.75, 3.05) is 6.26 Å². The van der Waals surface area contributed by atoms with Crippen molar-refractivity contribution in [3.05, 3.63) is 66.3 Å². The molecule has 0 bridgehead atoms. The summed E-state index contributed by atoms with van der Waals surface area (Å²) >= 11 is 1.75. The second kappa shape index (κ2) is 4.25. The van der Waals surface area contributed by atoms with Gasteiger partial charge in [-0.3, -0.25) is 4.21 Å². The standard InChI is InChI=1S/C15H14OS2/c1-11-7-5-6-10-15(11)14(17-2)12-8-3-4-9-13(12)18(15)16/h3-10,14H,1H2,2H3/t14-,15+,18?/m1/s1. The lowest BCUT2D eigenvalue weighted by molar-refractivity contribution is 0.667. The van der Waals surface area contributed by atoms with E-state index in [9.17, 15) is 4.21 Å². The van der Waals surface area contributed by atoms with Crippen molar-refractivity contribution in [2.24, 2.45) is 0 Å². The molecule has 0 N–H and O–H groups in total. The lowest BCUT2D eigenvalue weighted by Crippen LogP contribution is -2.35. The van der Waals surface area contributed by atoms with Crippen molar-refractivity contribution in [1.29, 1.82) is 0 Å². The molecular weight excluding hydrogens is 260 g/mol. The lowest BCUT2D eigenvalue weighted by Gasteiger charge is -2.32. The molecule has 1 aliphatic heterocycles. The average molecular weight is 274 g/mol. The molecule has 1 nitrogen and oxygen atoms in total. The van der Waals surface area contributed by atoms with Crippen LogP contribution in [0.25, 0.3) is 0 Å². The summed E-state index contributed by atoms with van der Waals surface area (Å²) in [6.07, 6.45) is 10.1. The summed E-state index contributed by atoms with van der Waals surface area (Å²) in [7, 11) is -1.06. The van der Waals surface area contributed by atoms with Crippen molar-refractivity contribution in [3.63, 3.8) is 0 Å². The summed E-state index contributed by atoms with van der Waals surface area (Å²) in [6.45, 7) is 4.14. The molecule has 3 heteroatoms. The Morgan fingerprint density at radius 2 is 2.11 bits per heavy atom. The molecular formula is C15H14OS2. The molecule has 0 radical (unpaired) electrons. The van der Waals surface area contributed by atoms with Crippen LogP contribution < -0.4 is 0 Å². The van der Waals surface area contributed by atoms with E-state index in [4.69, 9.17) is 0 Å². The molecule has 1 spiro atoms. The number of hydrogen-bond acceptors (Lipinski definition) is 2. The van der Waals surface area contributed by atoms with Gasteiger partial charge in [-0.15, -0.1) is 0 Å². The maximum Gasteiger partial charge on any atom is 0.109 e. The van der Waals surface area contributed by atoms with Gasteiger partial charge in [0.05, 0.1) is 16.0 Å². The zero-order chi connectivity index (χ0) is 12.8. The highest BCUT2D eigenvalue weighted by Gasteiger charge is 2.52. The van der Waals surface area contributed by atoms with Gasteiger partial charge in [-0.25, -0.2) is 0 Å². The van der Waals surface area contributed by atoms with E-state index in [0.29, 0.717) is 0 Å². The number of thioether (sulfide) groups is 1. The fraction of sp³-hybridized carbons (Fsp3) is 0.200. The highest BCUT2D eigenvalue weighted by molar-refractivity contribution is 8.00. The summed E-state index contributed by atoms with van der Waals surface area (Å²) in [5.41, 5.74) is 2.13. The van der Waals surface area contributed by atoms with Crippen LogP contribution in [-0.2, 0) is 10.8 Å². The van der Waals surface area contributed by atoms with Crippen LogP contribution in [0.5, 0.6) is 0 Å². The Morgan fingerprint density at radius 1 is 1.33 bits per heavy atom. The first-order valence-electron chi connectivity index (χ1n) is 5.80. The van der Waals surface area contributed by atoms with Gasteiger partial charge in [-0.05, 0) is 23.5 Å². The first-order valence-corrected chi connectivity index (χ1v) is 8.24. The van der Waals surface area contributed by atoms with Gasteiger partial charge in [0, 0.05) is 4.90 Å². The number of fused-ring (bicyclic) bond motifs is 1. The smallest absolute Gasteiger partial charge is 0.109 e. The third-order valence-corrected chi connectivity index (χ3v) is 6.85. The molecule has 3 rings (SSSR count). The first-order chi connectivity index (χ1) is 8.71. The van der Waals surface area contributed by atoms with Gasteiger partial charge in [-0.2, -0.15) is 11.8 Å². The van der Waals surface area contributed by atoms with Gasteiger partial charge >= 0.3 is 0 Å². The molecule has 1 aromatic rings. The van der Waals surface area contributed by atoms with Gasteiger partial charge in [0.1, 0.15) is 4.75 Å². The van der Waals surface area contributed by atoms with Gasteiger partial charge in [0.2, 0.25) is 0 Å². The van der Waals surface area contributed by atoms with Gasteiger partial charge in [0.25, 0.3) is 0 Å². The molecule has 92 valence electrons. The van der Waals surface area contributed by atoms with E-state index in [1.54, 1.807) is 11.8 Å². The predicted molar refractivity (Wildman–Crippen MR) is 79.3 cm³/mol. The highest BCUT2D eigenvalue weighted by atomic mass is 32.2. The maximum absolute atomic E-state index is 12.9. The molecule has 1 unspecified atom stereocenters. The zero-order valence-electron chi connectivity index (χ0n) is 10.1. The minimum absolute atomic E-state index is 0.184. The Morgan fingerprint density at radius 3 is 2.83 bits per heavy atom. The molecule has 0 saturated heterocycles. The minimum atomic E-state index is -1.06. The SMILES string of the molecule is C=C1C=CC=C[C@@]12[C@H](SC)c1ccccc1S2=O. The Bertz CT molecular complexity index is 600. The third-order valence-electron chi connectivity index (χ3n) is 3.59. The van der Waals surface area contributed by atoms with Crippen molar-refractivity contribution < 1.29 is 4.21 Å². The van der Waals surface area contributed by atoms with Crippen LogP contribution in [0.15, 0.2) is 65.6 Å². The Hall–Kier alpha value is -1.06. The average Bonchev–Trinajstić information content (AvgIpc) is 2.64. The van der Waals surface area contributed by atoms with E-state index in [-0.39, 0.29) is 5.25 Å². The molecule has 18 heavy (non-hydrogen) atoms. The van der Waals surface area contributed by atoms with Crippen LogP contribution in [0, 0.1) is 0 Å². The van der Waals surface area contributed by atoms with Crippen molar-refractivity contribution >= 4 is 22.6 Å². The van der Waals surface area contributed by atoms with Gasteiger partial charge < -0.3 is 0 Å². The van der Waals surface area contributed by atoms with Crippen LogP contribution >= 0.6 is 11.8 Å². The fourth-order valence-corrected chi connectivity index (χ4v) is 6.18. The number of hydrogen-bond donors (Lipinski definition) is 0. The van der Waals surface area contributed by atoms with E-state index >= 15 is 0 Å². The summed E-state index contributed by atoms with van der Waals surface area (Å²) < 4.78 is 12.4. The van der Waals surface area contributed by atoms with E-state index in [1.807, 2.05) is 36.4 Å². The zero-order valence-corrected chi connectivity index (χ0v) is 11.8. The Kier molecular flexibility index (Phi) is 2.83. The second-order valence-corrected chi connectivity index (χ2v) is 7.05. The van der Waals surface area contributed by atoms with E-state index in [1.165, 1.54) is 5.56 Å². The van der Waals surface area contributed by atoms with Crippen LogP contribution in [0.3, 0.4) is 0 Å². The summed E-state index contributed by atoms with van der Waals surface area (Å²) in [4.78, 5) is 0.956. The van der Waals surface area contributed by atoms with Crippen molar-refractivity contribution in [3.8, 4) is 0 Å². The number of allylic oxidation sites excluding steroid dienone is 3. The molecule has 0 amide bonds. The normalized spacial score (nSPS) is 33.1. The molecule has 1 heterocycles. The fourth-order valence-electron chi connectivity index (χ4n) is 2.72. The van der Waals surface area contributed by atoms with Crippen LogP contribution in [0.2, 0.25) is 0 Å². The Labute approximate surface area is 114 Å². The summed E-state index contributed by atoms with van der Waals surface area (Å²) in [6, 6.07) is 8.03. The van der Waals surface area contributed by atoms with Gasteiger partial charge in [-0.1, -0.05) is 49.1 Å². The maximum atomic E-state index is 12.9. The van der Waals surface area contributed by atoms with Crippen molar-refractivity contribution in [1.82, 2.24) is 0 Å². The predicted octanol–water partition coefficient (Wildman–Crippen LogP) is 3.63. The molecule has 3 atom stereocenters. The van der Waals surface area contributed by atoms with E-state index in [0.717, 1.165) is 10.5 Å². The van der Waals surface area contributed by atoms with Crippen molar-refractivity contribution in [2.45, 2.75) is 14.9 Å². The highest BCUT2D eigenvalue weighted by Crippen LogP contribution is 2.55. The molecule has 2 aliphatic rings. The third kappa shape index (κ3) is 1.38. The minimum Gasteiger partial charge on any atom is -0.253 e. The molecule has 0 aromatic heterocycles. The molecule has 1 aliphatic carbocycles. The Balaban J connectivity index is 2.25. The number of rotatable bonds is 1. The van der Waals surface area contributed by atoms with Crippen LogP contribution in [0.4, 0.5) is 0 Å². The molecule has 0 fully saturated rings. The van der Waals surface area contributed by atoms with E-state index in [2.05, 4.69) is 25.0 Å². The molecule has 1 aromatic carbocycles. The monoisotopic (exact) mass is 274 g/mol. The lowest BCUT2D eigenvalue weighted by atomic mass is 9.88. The first kappa shape index (κ1) is 12.0. The summed E-state index contributed by atoms with van der Waals surface area (Å²) in [5.74, 6) is 0. The van der Waals surface area contributed by atoms with Gasteiger partial charge in [0.15, 0.2) is 0 Å².